The Morgan fingerprint density at radius 2 is 2.00 bits per heavy atom. The lowest BCUT2D eigenvalue weighted by Gasteiger charge is -2.33. The molecule has 1 aliphatic heterocycles. The number of carbonyl (C=O) groups excluding carboxylic acids is 1. The number of hydrogen-bond acceptors (Lipinski definition) is 4. The van der Waals surface area contributed by atoms with Gasteiger partial charge < -0.3 is 15.2 Å². The van der Waals surface area contributed by atoms with E-state index in [0.29, 0.717) is 12.8 Å². The SMILES string of the molecule is CC(C)OCC(=O)NC1(C(=O)O)CCSCC1. The van der Waals surface area contributed by atoms with E-state index >= 15 is 0 Å². The average Bonchev–Trinajstić information content (AvgIpc) is 2.27. The van der Waals surface area contributed by atoms with Crippen molar-refractivity contribution in [3.63, 3.8) is 0 Å². The minimum atomic E-state index is -1.09. The van der Waals surface area contributed by atoms with Crippen molar-refractivity contribution in [1.82, 2.24) is 5.32 Å². The summed E-state index contributed by atoms with van der Waals surface area (Å²) in [5, 5.41) is 11.9. The number of hydrogen-bond donors (Lipinski definition) is 2. The highest BCUT2D eigenvalue weighted by Gasteiger charge is 2.41. The molecule has 0 aromatic carbocycles. The molecule has 1 fully saturated rings. The number of amides is 1. The molecule has 0 atom stereocenters. The second kappa shape index (κ2) is 6.26. The zero-order valence-electron chi connectivity index (χ0n) is 10.2. The smallest absolute Gasteiger partial charge is 0.329 e. The number of carboxylic acids is 1. The molecule has 0 unspecified atom stereocenters. The molecule has 0 aromatic heterocycles. The molecule has 0 radical (unpaired) electrons. The first-order valence-corrected chi connectivity index (χ1v) is 6.85. The molecule has 0 saturated carbocycles. The fourth-order valence-corrected chi connectivity index (χ4v) is 2.85. The quantitative estimate of drug-likeness (QED) is 0.768. The van der Waals surface area contributed by atoms with Crippen molar-refractivity contribution in [3.05, 3.63) is 0 Å². The molecule has 17 heavy (non-hydrogen) atoms. The van der Waals surface area contributed by atoms with Crippen LogP contribution >= 0.6 is 11.8 Å². The van der Waals surface area contributed by atoms with Crippen LogP contribution in [-0.4, -0.2) is 46.7 Å². The van der Waals surface area contributed by atoms with E-state index in [0.717, 1.165) is 11.5 Å². The Kier molecular flexibility index (Phi) is 5.27. The van der Waals surface area contributed by atoms with E-state index in [1.165, 1.54) is 0 Å². The van der Waals surface area contributed by atoms with Gasteiger partial charge in [-0.3, -0.25) is 4.79 Å². The Bertz CT molecular complexity index is 287. The lowest BCUT2D eigenvalue weighted by Crippen LogP contribution is -2.57. The fourth-order valence-electron chi connectivity index (χ4n) is 1.66. The van der Waals surface area contributed by atoms with Gasteiger partial charge in [-0.25, -0.2) is 4.79 Å². The molecular weight excluding hydrogens is 242 g/mol. The van der Waals surface area contributed by atoms with Crippen molar-refractivity contribution in [1.29, 1.82) is 0 Å². The van der Waals surface area contributed by atoms with Gasteiger partial charge in [0.1, 0.15) is 12.1 Å². The van der Waals surface area contributed by atoms with Crippen molar-refractivity contribution in [2.75, 3.05) is 18.1 Å². The first-order chi connectivity index (χ1) is 7.96. The van der Waals surface area contributed by atoms with Crippen LogP contribution in [0.2, 0.25) is 0 Å². The lowest BCUT2D eigenvalue weighted by molar-refractivity contribution is -0.149. The van der Waals surface area contributed by atoms with Crippen LogP contribution in [-0.2, 0) is 14.3 Å². The molecule has 2 N–H and O–H groups in total. The van der Waals surface area contributed by atoms with Gasteiger partial charge in [0.2, 0.25) is 5.91 Å². The lowest BCUT2D eigenvalue weighted by atomic mass is 9.92. The number of nitrogens with one attached hydrogen (secondary N) is 1. The van der Waals surface area contributed by atoms with Crippen molar-refractivity contribution >= 4 is 23.6 Å². The van der Waals surface area contributed by atoms with Crippen molar-refractivity contribution in [3.8, 4) is 0 Å². The predicted molar refractivity (Wildman–Crippen MR) is 66.2 cm³/mol. The van der Waals surface area contributed by atoms with Crippen LogP contribution in [0.15, 0.2) is 0 Å². The molecule has 0 aromatic rings. The monoisotopic (exact) mass is 261 g/mol. The summed E-state index contributed by atoms with van der Waals surface area (Å²) in [5.41, 5.74) is -1.09. The largest absolute Gasteiger partial charge is 0.480 e. The minimum Gasteiger partial charge on any atom is -0.480 e. The summed E-state index contributed by atoms with van der Waals surface area (Å²) < 4.78 is 5.16. The van der Waals surface area contributed by atoms with Gasteiger partial charge in [0.05, 0.1) is 6.10 Å². The van der Waals surface area contributed by atoms with Crippen LogP contribution in [0.5, 0.6) is 0 Å². The van der Waals surface area contributed by atoms with Crippen LogP contribution < -0.4 is 5.32 Å². The van der Waals surface area contributed by atoms with Crippen LogP contribution in [0.1, 0.15) is 26.7 Å². The highest BCUT2D eigenvalue weighted by Crippen LogP contribution is 2.27. The van der Waals surface area contributed by atoms with Gasteiger partial charge in [0, 0.05) is 0 Å². The molecule has 1 amide bonds. The first kappa shape index (κ1) is 14.3. The second-order valence-corrected chi connectivity index (χ2v) is 5.63. The summed E-state index contributed by atoms with van der Waals surface area (Å²) in [6.45, 7) is 3.58. The molecular formula is C11H19NO4S. The standard InChI is InChI=1S/C11H19NO4S/c1-8(2)16-7-9(13)12-11(10(14)15)3-5-17-6-4-11/h8H,3-7H2,1-2H3,(H,12,13)(H,14,15). The molecule has 98 valence electrons. The van der Waals surface area contributed by atoms with Gasteiger partial charge in [0.25, 0.3) is 0 Å². The third-order valence-corrected chi connectivity index (χ3v) is 3.67. The number of ether oxygens (including phenoxy) is 1. The Labute approximate surface area is 105 Å². The summed E-state index contributed by atoms with van der Waals surface area (Å²) in [5.74, 6) is 0.221. The van der Waals surface area contributed by atoms with E-state index in [1.54, 1.807) is 11.8 Å². The topological polar surface area (TPSA) is 75.6 Å². The van der Waals surface area contributed by atoms with Crippen LogP contribution in [0.4, 0.5) is 0 Å². The molecule has 1 saturated heterocycles. The highest BCUT2D eigenvalue weighted by molar-refractivity contribution is 7.99. The van der Waals surface area contributed by atoms with E-state index in [9.17, 15) is 14.7 Å². The average molecular weight is 261 g/mol. The fraction of sp³-hybridized carbons (Fsp3) is 0.818. The number of carboxylic acid groups (broad SMARTS) is 1. The summed E-state index contributed by atoms with van der Waals surface area (Å²) in [7, 11) is 0. The summed E-state index contributed by atoms with van der Waals surface area (Å²) in [4.78, 5) is 22.9. The maximum atomic E-state index is 11.6. The van der Waals surface area contributed by atoms with Crippen molar-refractivity contribution < 1.29 is 19.4 Å². The van der Waals surface area contributed by atoms with Gasteiger partial charge >= 0.3 is 5.97 Å². The van der Waals surface area contributed by atoms with Gasteiger partial charge in [0.15, 0.2) is 0 Å². The molecule has 6 heteroatoms. The Morgan fingerprint density at radius 3 is 2.47 bits per heavy atom. The van der Waals surface area contributed by atoms with Crippen LogP contribution in [0.3, 0.4) is 0 Å². The molecule has 0 bridgehead atoms. The molecule has 5 nitrogen and oxygen atoms in total. The number of carbonyl (C=O) groups is 2. The Morgan fingerprint density at radius 1 is 1.41 bits per heavy atom. The second-order valence-electron chi connectivity index (χ2n) is 4.41. The Hall–Kier alpha value is -0.750. The van der Waals surface area contributed by atoms with Gasteiger partial charge in [-0.15, -0.1) is 0 Å². The molecule has 0 spiro atoms. The van der Waals surface area contributed by atoms with E-state index in [-0.39, 0.29) is 18.6 Å². The maximum absolute atomic E-state index is 11.6. The Balaban J connectivity index is 2.54. The zero-order chi connectivity index (χ0) is 12.9. The van der Waals surface area contributed by atoms with Crippen LogP contribution in [0, 0.1) is 0 Å². The third kappa shape index (κ3) is 4.20. The maximum Gasteiger partial charge on any atom is 0.329 e. The molecule has 0 aliphatic carbocycles. The number of aliphatic carboxylic acids is 1. The van der Waals surface area contributed by atoms with Gasteiger partial charge in [-0.05, 0) is 38.2 Å². The van der Waals surface area contributed by atoms with Gasteiger partial charge in [-0.1, -0.05) is 0 Å². The van der Waals surface area contributed by atoms with E-state index in [4.69, 9.17) is 4.74 Å². The minimum absolute atomic E-state index is 0.0385. The molecule has 1 aliphatic rings. The van der Waals surface area contributed by atoms with E-state index in [1.807, 2.05) is 13.8 Å². The summed E-state index contributed by atoms with van der Waals surface area (Å²) in [6.07, 6.45) is 0.907. The normalized spacial score (nSPS) is 19.0. The van der Waals surface area contributed by atoms with Gasteiger partial charge in [-0.2, -0.15) is 11.8 Å². The van der Waals surface area contributed by atoms with E-state index in [2.05, 4.69) is 5.32 Å². The number of thioether (sulfide) groups is 1. The number of rotatable bonds is 5. The third-order valence-electron chi connectivity index (χ3n) is 2.68. The highest BCUT2D eigenvalue weighted by atomic mass is 32.2. The molecule has 1 rings (SSSR count). The van der Waals surface area contributed by atoms with E-state index < -0.39 is 11.5 Å². The zero-order valence-corrected chi connectivity index (χ0v) is 11.0. The summed E-state index contributed by atoms with van der Waals surface area (Å²) in [6, 6.07) is 0. The van der Waals surface area contributed by atoms with Crippen molar-refractivity contribution in [2.45, 2.75) is 38.3 Å². The molecule has 1 heterocycles. The van der Waals surface area contributed by atoms with Crippen LogP contribution in [0.25, 0.3) is 0 Å². The summed E-state index contributed by atoms with van der Waals surface area (Å²) >= 11 is 1.71. The first-order valence-electron chi connectivity index (χ1n) is 5.70. The van der Waals surface area contributed by atoms with Crippen molar-refractivity contribution in [2.24, 2.45) is 0 Å². The predicted octanol–water partition coefficient (Wildman–Crippen LogP) is 0.878.